The zero-order valence-electron chi connectivity index (χ0n) is 12.1. The highest BCUT2D eigenvalue weighted by atomic mass is 16.2. The molecule has 0 spiro atoms. The van der Waals surface area contributed by atoms with Crippen LogP contribution in [0, 0.1) is 5.92 Å². The van der Waals surface area contributed by atoms with Crippen LogP contribution in [0.15, 0.2) is 0 Å². The zero-order chi connectivity index (χ0) is 13.5. The predicted octanol–water partition coefficient (Wildman–Crippen LogP) is 1.35. The van der Waals surface area contributed by atoms with Crippen LogP contribution in [0.2, 0.25) is 0 Å². The van der Waals surface area contributed by atoms with E-state index in [1.807, 2.05) is 6.92 Å². The summed E-state index contributed by atoms with van der Waals surface area (Å²) in [6.45, 7) is 8.45. The molecule has 3 N–H and O–H groups in total. The van der Waals surface area contributed by atoms with Crippen molar-refractivity contribution in [2.24, 2.45) is 11.7 Å². The number of nitrogens with two attached hydrogens (primary N) is 1. The van der Waals surface area contributed by atoms with E-state index in [4.69, 9.17) is 5.73 Å². The molecule has 0 bridgehead atoms. The van der Waals surface area contributed by atoms with Gasteiger partial charge in [0.1, 0.15) is 0 Å². The maximum Gasteiger partial charge on any atom is 0.234 e. The zero-order valence-corrected chi connectivity index (χ0v) is 12.1. The molecule has 1 fully saturated rings. The molecule has 1 rings (SSSR count). The topological polar surface area (TPSA) is 58.4 Å². The molecule has 0 heterocycles. The minimum Gasteiger partial charge on any atom is -0.353 e. The third-order valence-electron chi connectivity index (χ3n) is 4.16. The van der Waals surface area contributed by atoms with E-state index < -0.39 is 0 Å². The number of nitrogens with zero attached hydrogens (tertiary/aromatic N) is 1. The molecule has 0 aliphatic heterocycles. The fraction of sp³-hybridized carbons (Fsp3) is 0.929. The third-order valence-corrected chi connectivity index (χ3v) is 4.16. The van der Waals surface area contributed by atoms with Crippen molar-refractivity contribution in [2.45, 2.75) is 58.5 Å². The van der Waals surface area contributed by atoms with Gasteiger partial charge in [0.05, 0.1) is 6.54 Å². The molecule has 0 aromatic rings. The quantitative estimate of drug-likeness (QED) is 0.722. The van der Waals surface area contributed by atoms with Crippen LogP contribution in [0.3, 0.4) is 0 Å². The normalized spacial score (nSPS) is 25.4. The van der Waals surface area contributed by atoms with Gasteiger partial charge in [0.15, 0.2) is 0 Å². The summed E-state index contributed by atoms with van der Waals surface area (Å²) in [4.78, 5) is 14.2. The second kappa shape index (κ2) is 7.74. The average molecular weight is 255 g/mol. The van der Waals surface area contributed by atoms with Crippen molar-refractivity contribution in [2.75, 3.05) is 19.6 Å². The summed E-state index contributed by atoms with van der Waals surface area (Å²) in [5, 5.41) is 3.04. The van der Waals surface area contributed by atoms with Gasteiger partial charge < -0.3 is 11.1 Å². The van der Waals surface area contributed by atoms with E-state index in [1.165, 1.54) is 19.3 Å². The van der Waals surface area contributed by atoms with Crippen molar-refractivity contribution in [3.05, 3.63) is 0 Å². The van der Waals surface area contributed by atoms with Gasteiger partial charge in [-0.1, -0.05) is 20.3 Å². The molecule has 0 aromatic heterocycles. The van der Waals surface area contributed by atoms with Gasteiger partial charge in [0.25, 0.3) is 0 Å². The Morgan fingerprint density at radius 1 is 1.44 bits per heavy atom. The Hall–Kier alpha value is -0.610. The first-order chi connectivity index (χ1) is 8.62. The predicted molar refractivity (Wildman–Crippen MR) is 75.3 cm³/mol. The number of rotatable bonds is 7. The van der Waals surface area contributed by atoms with E-state index >= 15 is 0 Å². The van der Waals surface area contributed by atoms with Crippen LogP contribution >= 0.6 is 0 Å². The molecular formula is C14H29N3O. The largest absolute Gasteiger partial charge is 0.353 e. The number of amides is 1. The Bertz CT molecular complexity index is 257. The van der Waals surface area contributed by atoms with Gasteiger partial charge in [-0.2, -0.15) is 0 Å². The van der Waals surface area contributed by atoms with Crippen LogP contribution in [0.5, 0.6) is 0 Å². The standard InChI is InChI=1S/C14H29N3O/c1-4-11(3)16-14(18)10-17(5-2)13-8-6-7-12(13)9-15/h11-13H,4-10,15H2,1-3H3,(H,16,18). The summed E-state index contributed by atoms with van der Waals surface area (Å²) < 4.78 is 0. The van der Waals surface area contributed by atoms with Crippen molar-refractivity contribution >= 4 is 5.91 Å². The lowest BCUT2D eigenvalue weighted by Gasteiger charge is -2.31. The van der Waals surface area contributed by atoms with Crippen LogP contribution in [0.25, 0.3) is 0 Å². The number of carbonyl (C=O) groups excluding carboxylic acids is 1. The Labute approximate surface area is 111 Å². The molecule has 3 unspecified atom stereocenters. The molecule has 106 valence electrons. The maximum absolute atomic E-state index is 11.9. The summed E-state index contributed by atoms with van der Waals surface area (Å²) in [7, 11) is 0. The molecular weight excluding hydrogens is 226 g/mol. The van der Waals surface area contributed by atoms with Crippen molar-refractivity contribution in [1.29, 1.82) is 0 Å². The van der Waals surface area contributed by atoms with Crippen molar-refractivity contribution in [3.8, 4) is 0 Å². The molecule has 1 aliphatic rings. The number of nitrogens with one attached hydrogen (secondary N) is 1. The summed E-state index contributed by atoms with van der Waals surface area (Å²) in [6.07, 6.45) is 4.62. The van der Waals surface area contributed by atoms with Gasteiger partial charge >= 0.3 is 0 Å². The minimum atomic E-state index is 0.147. The van der Waals surface area contributed by atoms with Gasteiger partial charge in [-0.3, -0.25) is 9.69 Å². The van der Waals surface area contributed by atoms with Gasteiger partial charge in [0.2, 0.25) is 5.91 Å². The maximum atomic E-state index is 11.9. The first-order valence-corrected chi connectivity index (χ1v) is 7.35. The molecule has 0 saturated heterocycles. The highest BCUT2D eigenvalue weighted by Crippen LogP contribution is 2.28. The Morgan fingerprint density at radius 3 is 2.72 bits per heavy atom. The summed E-state index contributed by atoms with van der Waals surface area (Å²) >= 11 is 0. The molecule has 4 heteroatoms. The number of hydrogen-bond acceptors (Lipinski definition) is 3. The SMILES string of the molecule is CCC(C)NC(=O)CN(CC)C1CCCC1CN. The van der Waals surface area contributed by atoms with Crippen LogP contribution in [0.1, 0.15) is 46.5 Å². The number of likely N-dealkylation sites (N-methyl/N-ethyl adjacent to an activating group) is 1. The smallest absolute Gasteiger partial charge is 0.234 e. The van der Waals surface area contributed by atoms with Gasteiger partial charge in [-0.15, -0.1) is 0 Å². The number of carbonyl (C=O) groups is 1. The van der Waals surface area contributed by atoms with Crippen LogP contribution in [-0.4, -0.2) is 42.5 Å². The van der Waals surface area contributed by atoms with E-state index in [9.17, 15) is 4.79 Å². The van der Waals surface area contributed by atoms with Crippen molar-refractivity contribution in [1.82, 2.24) is 10.2 Å². The molecule has 0 aromatic carbocycles. The summed E-state index contributed by atoms with van der Waals surface area (Å²) in [6, 6.07) is 0.771. The van der Waals surface area contributed by atoms with Crippen molar-refractivity contribution in [3.63, 3.8) is 0 Å². The van der Waals surface area contributed by atoms with E-state index in [1.54, 1.807) is 0 Å². The van der Waals surface area contributed by atoms with E-state index in [2.05, 4.69) is 24.1 Å². The second-order valence-electron chi connectivity index (χ2n) is 5.43. The lowest BCUT2D eigenvalue weighted by molar-refractivity contribution is -0.123. The van der Waals surface area contributed by atoms with Gasteiger partial charge in [0, 0.05) is 12.1 Å². The van der Waals surface area contributed by atoms with Gasteiger partial charge in [-0.25, -0.2) is 0 Å². The minimum absolute atomic E-state index is 0.147. The molecule has 4 nitrogen and oxygen atoms in total. The van der Waals surface area contributed by atoms with Crippen LogP contribution < -0.4 is 11.1 Å². The first-order valence-electron chi connectivity index (χ1n) is 7.35. The lowest BCUT2D eigenvalue weighted by atomic mass is 10.0. The monoisotopic (exact) mass is 255 g/mol. The molecule has 1 aliphatic carbocycles. The first kappa shape index (κ1) is 15.4. The van der Waals surface area contributed by atoms with Crippen molar-refractivity contribution < 1.29 is 4.79 Å². The second-order valence-corrected chi connectivity index (χ2v) is 5.43. The number of hydrogen-bond donors (Lipinski definition) is 2. The Morgan fingerprint density at radius 2 is 2.17 bits per heavy atom. The summed E-state index contributed by atoms with van der Waals surface area (Å²) in [5.74, 6) is 0.718. The lowest BCUT2D eigenvalue weighted by Crippen LogP contribution is -2.47. The molecule has 1 amide bonds. The fourth-order valence-electron chi connectivity index (χ4n) is 2.84. The fourth-order valence-corrected chi connectivity index (χ4v) is 2.84. The van der Waals surface area contributed by atoms with E-state index in [-0.39, 0.29) is 11.9 Å². The highest BCUT2D eigenvalue weighted by Gasteiger charge is 2.31. The Kier molecular flexibility index (Phi) is 6.65. The van der Waals surface area contributed by atoms with Crippen LogP contribution in [0.4, 0.5) is 0 Å². The molecule has 1 saturated carbocycles. The third kappa shape index (κ3) is 4.25. The average Bonchev–Trinajstić information content (AvgIpc) is 2.83. The molecule has 0 radical (unpaired) electrons. The Balaban J connectivity index is 2.48. The molecule has 3 atom stereocenters. The summed E-state index contributed by atoms with van der Waals surface area (Å²) in [5.41, 5.74) is 5.82. The van der Waals surface area contributed by atoms with E-state index in [0.717, 1.165) is 19.5 Å². The molecule has 18 heavy (non-hydrogen) atoms. The van der Waals surface area contributed by atoms with Gasteiger partial charge in [-0.05, 0) is 45.2 Å². The highest BCUT2D eigenvalue weighted by molar-refractivity contribution is 5.78. The van der Waals surface area contributed by atoms with E-state index in [0.29, 0.717) is 18.5 Å². The van der Waals surface area contributed by atoms with Crippen LogP contribution in [-0.2, 0) is 4.79 Å².